The topological polar surface area (TPSA) is 32.3 Å². The maximum absolute atomic E-state index is 13.8. The standard InChI is InChI=1S/C21H23F3N2O.ClH/c22-18-3-1-16(2-4-18)21(27)25-9-12-26-10-7-15(8-11-26)13-17-14-19(23)5-6-20(17)24;/h1-6,14-15H,7-13H2,(H,25,27);1H. The summed E-state index contributed by atoms with van der Waals surface area (Å²) < 4.78 is 39.9. The van der Waals surface area contributed by atoms with Gasteiger partial charge >= 0.3 is 0 Å². The van der Waals surface area contributed by atoms with Crippen LogP contribution in [0.15, 0.2) is 42.5 Å². The van der Waals surface area contributed by atoms with Crippen molar-refractivity contribution in [2.24, 2.45) is 5.92 Å². The van der Waals surface area contributed by atoms with Crippen LogP contribution in [0, 0.1) is 23.4 Å². The summed E-state index contributed by atoms with van der Waals surface area (Å²) in [5, 5.41) is 2.84. The van der Waals surface area contributed by atoms with E-state index in [2.05, 4.69) is 10.2 Å². The highest BCUT2D eigenvalue weighted by Gasteiger charge is 2.20. The van der Waals surface area contributed by atoms with Crippen LogP contribution >= 0.6 is 12.4 Å². The van der Waals surface area contributed by atoms with Crippen molar-refractivity contribution < 1.29 is 18.0 Å². The Kier molecular flexibility index (Phi) is 8.33. The third kappa shape index (κ3) is 6.24. The molecule has 0 radical (unpaired) electrons. The number of amides is 1. The van der Waals surface area contributed by atoms with E-state index in [1.54, 1.807) is 0 Å². The van der Waals surface area contributed by atoms with Crippen molar-refractivity contribution in [2.45, 2.75) is 19.3 Å². The van der Waals surface area contributed by atoms with Gasteiger partial charge in [-0.1, -0.05) is 0 Å². The van der Waals surface area contributed by atoms with Crippen molar-refractivity contribution in [3.05, 3.63) is 71.0 Å². The van der Waals surface area contributed by atoms with Crippen molar-refractivity contribution in [2.75, 3.05) is 26.2 Å². The van der Waals surface area contributed by atoms with E-state index in [-0.39, 0.29) is 29.9 Å². The molecule has 0 atom stereocenters. The van der Waals surface area contributed by atoms with Gasteiger partial charge in [0.25, 0.3) is 5.91 Å². The van der Waals surface area contributed by atoms with Crippen LogP contribution in [0.2, 0.25) is 0 Å². The molecule has 2 aromatic rings. The number of hydrogen-bond acceptors (Lipinski definition) is 2. The maximum Gasteiger partial charge on any atom is 0.251 e. The van der Waals surface area contributed by atoms with Gasteiger partial charge < -0.3 is 10.2 Å². The molecule has 0 spiro atoms. The molecule has 1 heterocycles. The van der Waals surface area contributed by atoms with Gasteiger partial charge in [0.05, 0.1) is 0 Å². The van der Waals surface area contributed by atoms with Crippen LogP contribution in [0.1, 0.15) is 28.8 Å². The largest absolute Gasteiger partial charge is 0.351 e. The van der Waals surface area contributed by atoms with Crippen molar-refractivity contribution >= 4 is 18.3 Å². The lowest BCUT2D eigenvalue weighted by atomic mass is 9.90. The Hall–Kier alpha value is -2.05. The monoisotopic (exact) mass is 412 g/mol. The summed E-state index contributed by atoms with van der Waals surface area (Å²) in [6, 6.07) is 9.06. The minimum atomic E-state index is -0.402. The zero-order chi connectivity index (χ0) is 19.2. The molecule has 0 aliphatic carbocycles. The van der Waals surface area contributed by atoms with Crippen molar-refractivity contribution in [3.8, 4) is 0 Å². The SMILES string of the molecule is Cl.O=C(NCCN1CCC(Cc2cc(F)ccc2F)CC1)c1ccc(F)cc1. The molecule has 1 aliphatic heterocycles. The van der Waals surface area contributed by atoms with Gasteiger partial charge in [-0.05, 0) is 86.3 Å². The van der Waals surface area contributed by atoms with Gasteiger partial charge in [0, 0.05) is 18.7 Å². The number of benzene rings is 2. The average molecular weight is 413 g/mol. The molecule has 0 bridgehead atoms. The van der Waals surface area contributed by atoms with Crippen LogP contribution in [-0.2, 0) is 6.42 Å². The molecular formula is C21H24ClF3N2O. The van der Waals surface area contributed by atoms with E-state index in [4.69, 9.17) is 0 Å². The van der Waals surface area contributed by atoms with Gasteiger partial charge in [0.15, 0.2) is 0 Å². The fourth-order valence-electron chi connectivity index (χ4n) is 3.46. The minimum Gasteiger partial charge on any atom is -0.351 e. The molecule has 28 heavy (non-hydrogen) atoms. The number of carbonyl (C=O) groups excluding carboxylic acids is 1. The van der Waals surface area contributed by atoms with Gasteiger partial charge in [0.2, 0.25) is 0 Å². The Morgan fingerprint density at radius 1 is 1.00 bits per heavy atom. The average Bonchev–Trinajstić information content (AvgIpc) is 2.66. The summed E-state index contributed by atoms with van der Waals surface area (Å²) in [6.07, 6.45) is 2.39. The minimum absolute atomic E-state index is 0. The zero-order valence-electron chi connectivity index (χ0n) is 15.5. The molecular weight excluding hydrogens is 389 g/mol. The number of halogens is 4. The van der Waals surface area contributed by atoms with E-state index in [1.165, 1.54) is 36.4 Å². The second kappa shape index (κ2) is 10.5. The molecule has 1 saturated heterocycles. The predicted octanol–water partition coefficient (Wildman–Crippen LogP) is 4.21. The first kappa shape index (κ1) is 22.2. The van der Waals surface area contributed by atoms with Gasteiger partial charge in [-0.15, -0.1) is 12.4 Å². The first-order chi connectivity index (χ1) is 13.0. The number of rotatable bonds is 6. The number of nitrogens with one attached hydrogen (secondary N) is 1. The summed E-state index contributed by atoms with van der Waals surface area (Å²) >= 11 is 0. The fraction of sp³-hybridized carbons (Fsp3) is 0.381. The van der Waals surface area contributed by atoms with E-state index in [0.717, 1.165) is 38.5 Å². The zero-order valence-corrected chi connectivity index (χ0v) is 16.3. The Morgan fingerprint density at radius 2 is 1.64 bits per heavy atom. The molecule has 3 nitrogen and oxygen atoms in total. The van der Waals surface area contributed by atoms with Gasteiger partial charge in [0.1, 0.15) is 17.5 Å². The van der Waals surface area contributed by atoms with Crippen LogP contribution < -0.4 is 5.32 Å². The number of piperidine rings is 1. The molecule has 1 aliphatic rings. The quantitative estimate of drug-likeness (QED) is 0.770. The van der Waals surface area contributed by atoms with Gasteiger partial charge in [-0.2, -0.15) is 0 Å². The van der Waals surface area contributed by atoms with E-state index in [1.807, 2.05) is 0 Å². The molecule has 7 heteroatoms. The van der Waals surface area contributed by atoms with Crippen LogP contribution in [0.25, 0.3) is 0 Å². The third-order valence-corrected chi connectivity index (χ3v) is 5.04. The lowest BCUT2D eigenvalue weighted by Gasteiger charge is -2.32. The summed E-state index contributed by atoms with van der Waals surface area (Å²) in [7, 11) is 0. The highest BCUT2D eigenvalue weighted by atomic mass is 35.5. The number of hydrogen-bond donors (Lipinski definition) is 1. The summed E-state index contributed by atoms with van der Waals surface area (Å²) in [5.74, 6) is -0.992. The summed E-state index contributed by atoms with van der Waals surface area (Å²) in [4.78, 5) is 14.2. The van der Waals surface area contributed by atoms with E-state index in [9.17, 15) is 18.0 Å². The second-order valence-electron chi connectivity index (χ2n) is 6.99. The molecule has 0 saturated carbocycles. The number of nitrogens with zero attached hydrogens (tertiary/aromatic N) is 1. The molecule has 2 aromatic carbocycles. The van der Waals surface area contributed by atoms with Gasteiger partial charge in [-0.25, -0.2) is 13.2 Å². The Morgan fingerprint density at radius 3 is 2.32 bits per heavy atom. The van der Waals surface area contributed by atoms with Gasteiger partial charge in [-0.3, -0.25) is 4.79 Å². The normalized spacial score (nSPS) is 15.1. The first-order valence-corrected chi connectivity index (χ1v) is 9.21. The van der Waals surface area contributed by atoms with Crippen LogP contribution in [0.3, 0.4) is 0 Å². The highest BCUT2D eigenvalue weighted by molar-refractivity contribution is 5.94. The smallest absolute Gasteiger partial charge is 0.251 e. The Balaban J connectivity index is 0.00000280. The lowest BCUT2D eigenvalue weighted by Crippen LogP contribution is -2.40. The van der Waals surface area contributed by atoms with Crippen LogP contribution in [0.5, 0.6) is 0 Å². The molecule has 1 N–H and O–H groups in total. The van der Waals surface area contributed by atoms with Crippen molar-refractivity contribution in [1.82, 2.24) is 10.2 Å². The second-order valence-corrected chi connectivity index (χ2v) is 6.99. The Bertz CT molecular complexity index is 778. The first-order valence-electron chi connectivity index (χ1n) is 9.21. The Labute approximate surface area is 169 Å². The molecule has 3 rings (SSSR count). The summed E-state index contributed by atoms with van der Waals surface area (Å²) in [6.45, 7) is 2.98. The van der Waals surface area contributed by atoms with Crippen LogP contribution in [0.4, 0.5) is 13.2 Å². The molecule has 1 amide bonds. The van der Waals surface area contributed by atoms with Crippen LogP contribution in [-0.4, -0.2) is 37.0 Å². The molecule has 0 aromatic heterocycles. The summed E-state index contributed by atoms with van der Waals surface area (Å²) in [5.41, 5.74) is 0.882. The van der Waals surface area contributed by atoms with Crippen molar-refractivity contribution in [1.29, 1.82) is 0 Å². The highest BCUT2D eigenvalue weighted by Crippen LogP contribution is 2.23. The molecule has 152 valence electrons. The fourth-order valence-corrected chi connectivity index (χ4v) is 3.46. The molecule has 1 fully saturated rings. The maximum atomic E-state index is 13.8. The van der Waals surface area contributed by atoms with E-state index in [0.29, 0.717) is 30.0 Å². The predicted molar refractivity (Wildman–Crippen MR) is 105 cm³/mol. The number of carbonyl (C=O) groups is 1. The lowest BCUT2D eigenvalue weighted by molar-refractivity contribution is 0.0944. The van der Waals surface area contributed by atoms with E-state index < -0.39 is 5.82 Å². The van der Waals surface area contributed by atoms with Crippen molar-refractivity contribution in [3.63, 3.8) is 0 Å². The third-order valence-electron chi connectivity index (χ3n) is 5.04. The van der Waals surface area contributed by atoms with E-state index >= 15 is 0 Å². The number of likely N-dealkylation sites (tertiary alicyclic amines) is 1. The molecule has 0 unspecified atom stereocenters.